The highest BCUT2D eigenvalue weighted by atomic mass is 32.2. The molecule has 1 aromatic heterocycles. The summed E-state index contributed by atoms with van der Waals surface area (Å²) in [6.45, 7) is 6.71. The minimum Gasteiger partial charge on any atom is -0.278 e. The van der Waals surface area contributed by atoms with Gasteiger partial charge in [-0.1, -0.05) is 0 Å². The average molecular weight is 308 g/mol. The number of sulfonamides is 1. The van der Waals surface area contributed by atoms with Crippen LogP contribution in [0.4, 0.5) is 10.1 Å². The number of hydrogen-bond acceptors (Lipinski definition) is 3. The molecule has 0 saturated heterocycles. The Balaban J connectivity index is 2.48. The standard InChI is InChI=1S/C15H17FN2O2S/c1-9-7-13(16)8-10(2)15(9)21(19,20)18-14-6-5-11(3)17-12(14)4/h5-8,18H,1-4H3. The molecule has 0 aliphatic heterocycles. The van der Waals surface area contributed by atoms with Crippen molar-refractivity contribution in [3.63, 3.8) is 0 Å². The van der Waals surface area contributed by atoms with Crippen molar-refractivity contribution < 1.29 is 12.8 Å². The average Bonchev–Trinajstić information content (AvgIpc) is 2.30. The summed E-state index contributed by atoms with van der Waals surface area (Å²) in [5.41, 5.74) is 2.57. The lowest BCUT2D eigenvalue weighted by Gasteiger charge is -2.14. The van der Waals surface area contributed by atoms with E-state index >= 15 is 0 Å². The summed E-state index contributed by atoms with van der Waals surface area (Å²) in [6.07, 6.45) is 0. The molecule has 0 fully saturated rings. The van der Waals surface area contributed by atoms with Gasteiger partial charge in [0.15, 0.2) is 0 Å². The van der Waals surface area contributed by atoms with Gasteiger partial charge in [0.05, 0.1) is 16.3 Å². The Morgan fingerprint density at radius 2 is 1.62 bits per heavy atom. The molecular weight excluding hydrogens is 291 g/mol. The van der Waals surface area contributed by atoms with E-state index in [-0.39, 0.29) is 4.90 Å². The quantitative estimate of drug-likeness (QED) is 0.947. The SMILES string of the molecule is Cc1ccc(NS(=O)(=O)c2c(C)cc(F)cc2C)c(C)n1. The Kier molecular flexibility index (Phi) is 4.00. The van der Waals surface area contributed by atoms with Crippen molar-refractivity contribution >= 4 is 15.7 Å². The van der Waals surface area contributed by atoms with Gasteiger partial charge in [0.1, 0.15) is 5.82 Å². The van der Waals surface area contributed by atoms with Gasteiger partial charge in [0.25, 0.3) is 10.0 Å². The van der Waals surface area contributed by atoms with Crippen molar-refractivity contribution in [2.45, 2.75) is 32.6 Å². The van der Waals surface area contributed by atoms with E-state index in [0.717, 1.165) is 5.69 Å². The largest absolute Gasteiger partial charge is 0.278 e. The second kappa shape index (κ2) is 5.44. The van der Waals surface area contributed by atoms with E-state index in [0.29, 0.717) is 22.5 Å². The summed E-state index contributed by atoms with van der Waals surface area (Å²) in [5.74, 6) is -0.447. The Labute approximate surface area is 124 Å². The zero-order chi connectivity index (χ0) is 15.8. The summed E-state index contributed by atoms with van der Waals surface area (Å²) in [4.78, 5) is 4.32. The highest BCUT2D eigenvalue weighted by Crippen LogP contribution is 2.25. The van der Waals surface area contributed by atoms with Crippen molar-refractivity contribution in [2.24, 2.45) is 0 Å². The third kappa shape index (κ3) is 3.21. The molecule has 2 rings (SSSR count). The van der Waals surface area contributed by atoms with E-state index in [9.17, 15) is 12.8 Å². The van der Waals surface area contributed by atoms with Gasteiger partial charge < -0.3 is 0 Å². The molecule has 0 amide bonds. The maximum atomic E-state index is 13.3. The summed E-state index contributed by atoms with van der Waals surface area (Å²) < 4.78 is 40.9. The van der Waals surface area contributed by atoms with E-state index in [1.807, 2.05) is 6.92 Å². The van der Waals surface area contributed by atoms with Crippen LogP contribution in [0.25, 0.3) is 0 Å². The predicted molar refractivity (Wildman–Crippen MR) is 80.4 cm³/mol. The number of pyridine rings is 1. The van der Waals surface area contributed by atoms with E-state index in [2.05, 4.69) is 9.71 Å². The smallest absolute Gasteiger partial charge is 0.262 e. The number of halogens is 1. The Hall–Kier alpha value is -1.95. The van der Waals surface area contributed by atoms with Gasteiger partial charge in [0, 0.05) is 5.69 Å². The Morgan fingerprint density at radius 1 is 1.05 bits per heavy atom. The predicted octanol–water partition coefficient (Wildman–Crippen LogP) is 3.26. The number of nitrogens with one attached hydrogen (secondary N) is 1. The molecule has 1 N–H and O–H groups in total. The molecule has 0 bridgehead atoms. The first-order chi connectivity index (χ1) is 9.70. The second-order valence-corrected chi connectivity index (χ2v) is 6.68. The summed E-state index contributed by atoms with van der Waals surface area (Å²) in [7, 11) is -3.78. The number of nitrogens with zero attached hydrogens (tertiary/aromatic N) is 1. The number of aromatic nitrogens is 1. The summed E-state index contributed by atoms with van der Waals surface area (Å²) in [6, 6.07) is 5.82. The third-order valence-electron chi connectivity index (χ3n) is 3.16. The normalized spacial score (nSPS) is 11.5. The highest BCUT2D eigenvalue weighted by molar-refractivity contribution is 7.92. The van der Waals surface area contributed by atoms with Crippen molar-refractivity contribution in [1.29, 1.82) is 0 Å². The van der Waals surface area contributed by atoms with Gasteiger partial charge >= 0.3 is 0 Å². The fourth-order valence-electron chi connectivity index (χ4n) is 2.31. The van der Waals surface area contributed by atoms with E-state index < -0.39 is 15.8 Å². The van der Waals surface area contributed by atoms with Crippen LogP contribution in [0.2, 0.25) is 0 Å². The first-order valence-electron chi connectivity index (χ1n) is 6.44. The summed E-state index contributed by atoms with van der Waals surface area (Å²) >= 11 is 0. The van der Waals surface area contributed by atoms with Crippen LogP contribution in [0.15, 0.2) is 29.2 Å². The monoisotopic (exact) mass is 308 g/mol. The molecule has 0 spiro atoms. The van der Waals surface area contributed by atoms with Gasteiger partial charge in [-0.25, -0.2) is 12.8 Å². The lowest BCUT2D eigenvalue weighted by Crippen LogP contribution is -2.17. The molecule has 1 heterocycles. The van der Waals surface area contributed by atoms with Gasteiger partial charge in [-0.3, -0.25) is 9.71 Å². The fraction of sp³-hybridized carbons (Fsp3) is 0.267. The fourth-order valence-corrected chi connectivity index (χ4v) is 3.88. The zero-order valence-corrected chi connectivity index (χ0v) is 13.2. The molecule has 0 aliphatic rings. The van der Waals surface area contributed by atoms with Crippen LogP contribution in [0.1, 0.15) is 22.5 Å². The molecule has 6 heteroatoms. The molecule has 2 aromatic rings. The number of aryl methyl sites for hydroxylation is 4. The molecule has 112 valence electrons. The molecular formula is C15H17FN2O2S. The molecule has 0 radical (unpaired) electrons. The number of hydrogen-bond donors (Lipinski definition) is 1. The molecule has 4 nitrogen and oxygen atoms in total. The van der Waals surface area contributed by atoms with Crippen molar-refractivity contribution in [3.8, 4) is 0 Å². The maximum absolute atomic E-state index is 13.3. The van der Waals surface area contributed by atoms with Crippen LogP contribution < -0.4 is 4.72 Å². The molecule has 0 atom stereocenters. The van der Waals surface area contributed by atoms with Crippen LogP contribution in [-0.4, -0.2) is 13.4 Å². The van der Waals surface area contributed by atoms with Gasteiger partial charge in [-0.15, -0.1) is 0 Å². The number of anilines is 1. The van der Waals surface area contributed by atoms with Crippen LogP contribution in [0.3, 0.4) is 0 Å². The first kappa shape index (κ1) is 15.4. The summed E-state index contributed by atoms with van der Waals surface area (Å²) in [5, 5.41) is 0. The van der Waals surface area contributed by atoms with Crippen molar-refractivity contribution in [1.82, 2.24) is 4.98 Å². The van der Waals surface area contributed by atoms with Gasteiger partial charge in [-0.2, -0.15) is 0 Å². The van der Waals surface area contributed by atoms with Crippen LogP contribution in [-0.2, 0) is 10.0 Å². The first-order valence-corrected chi connectivity index (χ1v) is 7.93. The van der Waals surface area contributed by atoms with Crippen LogP contribution in [0.5, 0.6) is 0 Å². The lowest BCUT2D eigenvalue weighted by molar-refractivity contribution is 0.597. The van der Waals surface area contributed by atoms with Crippen molar-refractivity contribution in [3.05, 3.63) is 52.6 Å². The highest BCUT2D eigenvalue weighted by Gasteiger charge is 2.21. The maximum Gasteiger partial charge on any atom is 0.262 e. The lowest BCUT2D eigenvalue weighted by atomic mass is 10.1. The minimum absolute atomic E-state index is 0.101. The van der Waals surface area contributed by atoms with E-state index in [1.165, 1.54) is 12.1 Å². The Bertz CT molecular complexity index is 778. The topological polar surface area (TPSA) is 59.1 Å². The zero-order valence-electron chi connectivity index (χ0n) is 12.4. The second-order valence-electron chi connectivity index (χ2n) is 5.06. The third-order valence-corrected chi connectivity index (χ3v) is 4.83. The minimum atomic E-state index is -3.78. The van der Waals surface area contributed by atoms with Crippen molar-refractivity contribution in [2.75, 3.05) is 4.72 Å². The molecule has 0 saturated carbocycles. The van der Waals surface area contributed by atoms with Gasteiger partial charge in [0.2, 0.25) is 0 Å². The molecule has 0 aliphatic carbocycles. The van der Waals surface area contributed by atoms with E-state index in [1.54, 1.807) is 32.9 Å². The number of rotatable bonds is 3. The molecule has 0 unspecified atom stereocenters. The molecule has 1 aromatic carbocycles. The van der Waals surface area contributed by atoms with E-state index in [4.69, 9.17) is 0 Å². The molecule has 21 heavy (non-hydrogen) atoms. The van der Waals surface area contributed by atoms with Crippen LogP contribution >= 0.6 is 0 Å². The van der Waals surface area contributed by atoms with Crippen LogP contribution in [0, 0.1) is 33.5 Å². The Morgan fingerprint density at radius 3 is 2.14 bits per heavy atom. The number of benzene rings is 1. The van der Waals surface area contributed by atoms with Gasteiger partial charge in [-0.05, 0) is 63.1 Å².